The summed E-state index contributed by atoms with van der Waals surface area (Å²) in [5, 5.41) is 14.6. The van der Waals surface area contributed by atoms with Crippen molar-refractivity contribution in [1.82, 2.24) is 10.3 Å². The Morgan fingerprint density at radius 2 is 1.90 bits per heavy atom. The quantitative estimate of drug-likeness (QED) is 0.763. The Kier molecular flexibility index (Phi) is 5.72. The van der Waals surface area contributed by atoms with Gasteiger partial charge in [-0.3, -0.25) is 5.32 Å². The van der Waals surface area contributed by atoms with Crippen LogP contribution in [0.25, 0.3) is 0 Å². The third-order valence-electron chi connectivity index (χ3n) is 3.16. The Labute approximate surface area is 124 Å². The Morgan fingerprint density at radius 3 is 2.57 bits per heavy atom. The van der Waals surface area contributed by atoms with Crippen LogP contribution >= 0.6 is 0 Å². The highest BCUT2D eigenvalue weighted by molar-refractivity contribution is 5.88. The molecule has 0 spiro atoms. The molecule has 0 bridgehead atoms. The molecule has 2 amide bonds. The minimum absolute atomic E-state index is 0.0864. The topological polar surface area (TPSA) is 74.2 Å². The van der Waals surface area contributed by atoms with Gasteiger partial charge in [0.1, 0.15) is 5.82 Å². The molecule has 1 aromatic carbocycles. The number of urea groups is 1. The number of rotatable bonds is 6. The van der Waals surface area contributed by atoms with Gasteiger partial charge in [-0.05, 0) is 24.1 Å². The normalized spacial score (nSPS) is 11.7. The second-order valence-electron chi connectivity index (χ2n) is 4.67. The molecular formula is C16H19N3O2. The highest BCUT2D eigenvalue weighted by Crippen LogP contribution is 2.18. The van der Waals surface area contributed by atoms with E-state index >= 15 is 0 Å². The lowest BCUT2D eigenvalue weighted by Gasteiger charge is -2.17. The van der Waals surface area contributed by atoms with E-state index in [2.05, 4.69) is 15.6 Å². The fourth-order valence-corrected chi connectivity index (χ4v) is 2.08. The third-order valence-corrected chi connectivity index (χ3v) is 3.16. The summed E-state index contributed by atoms with van der Waals surface area (Å²) >= 11 is 0. The van der Waals surface area contributed by atoms with Crippen molar-refractivity contribution in [3.63, 3.8) is 0 Å². The van der Waals surface area contributed by atoms with E-state index in [0.29, 0.717) is 18.8 Å². The number of pyridine rings is 1. The van der Waals surface area contributed by atoms with E-state index in [1.165, 1.54) is 0 Å². The number of benzene rings is 1. The highest BCUT2D eigenvalue weighted by Gasteiger charge is 2.12. The van der Waals surface area contributed by atoms with Crippen molar-refractivity contribution < 1.29 is 9.90 Å². The molecule has 110 valence electrons. The fraction of sp³-hybridized carbons (Fsp3) is 0.250. The average molecular weight is 285 g/mol. The van der Waals surface area contributed by atoms with Gasteiger partial charge >= 0.3 is 6.03 Å². The lowest BCUT2D eigenvalue weighted by atomic mass is 9.96. The number of aromatic nitrogens is 1. The van der Waals surface area contributed by atoms with Crippen LogP contribution in [0.4, 0.5) is 10.6 Å². The number of nitrogens with one attached hydrogen (secondary N) is 2. The Morgan fingerprint density at radius 1 is 1.14 bits per heavy atom. The molecule has 0 saturated heterocycles. The number of amides is 2. The van der Waals surface area contributed by atoms with Gasteiger partial charge in [-0.15, -0.1) is 0 Å². The molecule has 2 aromatic rings. The first-order valence-corrected chi connectivity index (χ1v) is 6.91. The van der Waals surface area contributed by atoms with Crippen LogP contribution in [0.3, 0.4) is 0 Å². The van der Waals surface area contributed by atoms with E-state index in [1.807, 2.05) is 30.3 Å². The molecule has 0 aliphatic heterocycles. The molecule has 0 aliphatic rings. The summed E-state index contributed by atoms with van der Waals surface area (Å²) in [4.78, 5) is 15.9. The Hall–Kier alpha value is -2.40. The van der Waals surface area contributed by atoms with Crippen molar-refractivity contribution >= 4 is 11.8 Å². The molecular weight excluding hydrogens is 266 g/mol. The van der Waals surface area contributed by atoms with Crippen molar-refractivity contribution in [2.75, 3.05) is 18.5 Å². The van der Waals surface area contributed by atoms with E-state index in [1.54, 1.807) is 24.4 Å². The molecule has 0 saturated carbocycles. The van der Waals surface area contributed by atoms with Gasteiger partial charge in [0.05, 0.1) is 0 Å². The van der Waals surface area contributed by atoms with Crippen LogP contribution in [-0.4, -0.2) is 29.3 Å². The molecule has 0 radical (unpaired) electrons. The van der Waals surface area contributed by atoms with Crippen LogP contribution in [0.2, 0.25) is 0 Å². The van der Waals surface area contributed by atoms with Crippen LogP contribution in [0.5, 0.6) is 0 Å². The van der Waals surface area contributed by atoms with E-state index in [0.717, 1.165) is 5.56 Å². The van der Waals surface area contributed by atoms with Crippen LogP contribution in [-0.2, 0) is 0 Å². The zero-order chi connectivity index (χ0) is 14.9. The summed E-state index contributed by atoms with van der Waals surface area (Å²) in [5.74, 6) is 0.596. The smallest absolute Gasteiger partial charge is 0.320 e. The van der Waals surface area contributed by atoms with Crippen molar-refractivity contribution in [1.29, 1.82) is 0 Å². The van der Waals surface area contributed by atoms with Crippen LogP contribution < -0.4 is 10.6 Å². The van der Waals surface area contributed by atoms with E-state index in [4.69, 9.17) is 5.11 Å². The van der Waals surface area contributed by atoms with Crippen LogP contribution in [0.15, 0.2) is 54.7 Å². The molecule has 0 fully saturated rings. The Bertz CT molecular complexity index is 546. The molecule has 0 aliphatic carbocycles. The molecule has 2 rings (SSSR count). The number of nitrogens with zero attached hydrogens (tertiary/aromatic N) is 1. The summed E-state index contributed by atoms with van der Waals surface area (Å²) in [6, 6.07) is 14.9. The van der Waals surface area contributed by atoms with Gasteiger partial charge in [0.15, 0.2) is 0 Å². The molecule has 21 heavy (non-hydrogen) atoms. The van der Waals surface area contributed by atoms with Crippen molar-refractivity contribution in [2.45, 2.75) is 12.3 Å². The number of aliphatic hydroxyl groups is 1. The molecule has 5 nitrogen and oxygen atoms in total. The number of aliphatic hydroxyl groups excluding tert-OH is 1. The molecule has 1 atom stereocenters. The zero-order valence-corrected chi connectivity index (χ0v) is 11.7. The molecule has 1 heterocycles. The number of carbonyl (C=O) groups is 1. The number of anilines is 1. The maximum Gasteiger partial charge on any atom is 0.320 e. The van der Waals surface area contributed by atoms with Gasteiger partial charge in [-0.25, -0.2) is 9.78 Å². The summed E-state index contributed by atoms with van der Waals surface area (Å²) in [5.41, 5.74) is 1.10. The third kappa shape index (κ3) is 4.89. The number of hydrogen-bond donors (Lipinski definition) is 3. The molecule has 5 heteroatoms. The Balaban J connectivity index is 1.88. The van der Waals surface area contributed by atoms with Crippen molar-refractivity contribution in [3.8, 4) is 0 Å². The first-order chi connectivity index (χ1) is 10.3. The monoisotopic (exact) mass is 285 g/mol. The van der Waals surface area contributed by atoms with Crippen molar-refractivity contribution in [3.05, 3.63) is 60.3 Å². The van der Waals surface area contributed by atoms with E-state index < -0.39 is 0 Å². The van der Waals surface area contributed by atoms with Crippen LogP contribution in [0.1, 0.15) is 17.9 Å². The van der Waals surface area contributed by atoms with Gasteiger partial charge in [-0.1, -0.05) is 36.4 Å². The molecule has 3 N–H and O–H groups in total. The first-order valence-electron chi connectivity index (χ1n) is 6.91. The highest BCUT2D eigenvalue weighted by atomic mass is 16.3. The van der Waals surface area contributed by atoms with E-state index in [-0.39, 0.29) is 18.6 Å². The standard InChI is InChI=1S/C16H19N3O2/c20-11-9-14(13-6-2-1-3-7-13)12-18-16(21)19-15-8-4-5-10-17-15/h1-8,10,14,20H,9,11-12H2,(H2,17,18,19,21). The zero-order valence-electron chi connectivity index (χ0n) is 11.7. The van der Waals surface area contributed by atoms with Gasteiger partial charge in [0, 0.05) is 25.3 Å². The van der Waals surface area contributed by atoms with Gasteiger partial charge in [0.25, 0.3) is 0 Å². The summed E-state index contributed by atoms with van der Waals surface area (Å²) < 4.78 is 0. The fourth-order valence-electron chi connectivity index (χ4n) is 2.08. The van der Waals surface area contributed by atoms with Crippen molar-refractivity contribution in [2.24, 2.45) is 0 Å². The van der Waals surface area contributed by atoms with E-state index in [9.17, 15) is 4.79 Å². The predicted octanol–water partition coefficient (Wildman–Crippen LogP) is 2.37. The predicted molar refractivity (Wildman–Crippen MR) is 82.1 cm³/mol. The second-order valence-corrected chi connectivity index (χ2v) is 4.67. The summed E-state index contributed by atoms with van der Waals surface area (Å²) in [6.07, 6.45) is 2.22. The molecule has 1 aromatic heterocycles. The summed E-state index contributed by atoms with van der Waals surface area (Å²) in [6.45, 7) is 0.548. The van der Waals surface area contributed by atoms with Gasteiger partial charge in [0.2, 0.25) is 0 Å². The van der Waals surface area contributed by atoms with Crippen LogP contribution in [0, 0.1) is 0 Å². The first kappa shape index (κ1) is 15.0. The average Bonchev–Trinajstić information content (AvgIpc) is 2.53. The minimum Gasteiger partial charge on any atom is -0.396 e. The lowest BCUT2D eigenvalue weighted by molar-refractivity contribution is 0.248. The summed E-state index contributed by atoms with van der Waals surface area (Å²) in [7, 11) is 0. The molecule has 1 unspecified atom stereocenters. The number of carbonyl (C=O) groups excluding carboxylic acids is 1. The second kappa shape index (κ2) is 8.01. The van der Waals surface area contributed by atoms with Gasteiger partial charge in [-0.2, -0.15) is 0 Å². The maximum absolute atomic E-state index is 11.8. The largest absolute Gasteiger partial charge is 0.396 e. The van der Waals surface area contributed by atoms with Gasteiger partial charge < -0.3 is 10.4 Å². The lowest BCUT2D eigenvalue weighted by Crippen LogP contribution is -2.32. The SMILES string of the molecule is O=C(NCC(CCO)c1ccccc1)Nc1ccccn1. The minimum atomic E-state index is -0.299. The number of hydrogen-bond acceptors (Lipinski definition) is 3. The maximum atomic E-state index is 11.8.